The highest BCUT2D eigenvalue weighted by molar-refractivity contribution is 5.94. The van der Waals surface area contributed by atoms with Gasteiger partial charge in [-0.3, -0.25) is 14.6 Å². The summed E-state index contributed by atoms with van der Waals surface area (Å²) in [5.41, 5.74) is 2.11. The molecule has 0 atom stereocenters. The van der Waals surface area contributed by atoms with E-state index in [1.54, 1.807) is 24.4 Å². The van der Waals surface area contributed by atoms with Crippen LogP contribution in [0.1, 0.15) is 11.5 Å². The zero-order valence-corrected chi connectivity index (χ0v) is 13.3. The molecule has 126 valence electrons. The van der Waals surface area contributed by atoms with Crippen LogP contribution in [0.3, 0.4) is 0 Å². The third-order valence-corrected chi connectivity index (χ3v) is 3.34. The molecule has 0 aliphatic heterocycles. The van der Waals surface area contributed by atoms with E-state index in [1.165, 1.54) is 12.3 Å². The fourth-order valence-electron chi connectivity index (χ4n) is 2.10. The summed E-state index contributed by atoms with van der Waals surface area (Å²) in [6.07, 6.45) is 5.99. The predicted octanol–water partition coefficient (Wildman–Crippen LogP) is 1.67. The second kappa shape index (κ2) is 7.87. The minimum Gasteiger partial charge on any atom is -0.467 e. The summed E-state index contributed by atoms with van der Waals surface area (Å²) < 4.78 is 5.10. The van der Waals surface area contributed by atoms with Crippen LogP contribution in [0.4, 0.5) is 0 Å². The lowest BCUT2D eigenvalue weighted by molar-refractivity contribution is -0.124. The van der Waals surface area contributed by atoms with Gasteiger partial charge in [0.2, 0.25) is 11.8 Å². The highest BCUT2D eigenvalue weighted by Crippen LogP contribution is 2.09. The van der Waals surface area contributed by atoms with Crippen LogP contribution in [0.2, 0.25) is 0 Å². The van der Waals surface area contributed by atoms with Crippen LogP contribution < -0.4 is 10.6 Å². The summed E-state index contributed by atoms with van der Waals surface area (Å²) in [5, 5.41) is 5.14. The van der Waals surface area contributed by atoms with Crippen LogP contribution in [-0.4, -0.2) is 28.3 Å². The molecule has 2 heterocycles. The summed E-state index contributed by atoms with van der Waals surface area (Å²) in [7, 11) is 0. The van der Waals surface area contributed by atoms with Crippen molar-refractivity contribution in [3.05, 3.63) is 66.4 Å². The number of para-hydroxylation sites is 2. The van der Waals surface area contributed by atoms with Crippen LogP contribution in [0.5, 0.6) is 0 Å². The fraction of sp³-hybridized carbons (Fsp3) is 0.111. The molecule has 0 aliphatic carbocycles. The number of carbonyl (C=O) groups excluding carboxylic acids is 2. The Morgan fingerprint density at radius 3 is 2.72 bits per heavy atom. The Morgan fingerprint density at radius 1 is 1.08 bits per heavy atom. The molecule has 1 aromatic carbocycles. The van der Waals surface area contributed by atoms with E-state index in [0.29, 0.717) is 11.5 Å². The van der Waals surface area contributed by atoms with E-state index in [-0.39, 0.29) is 24.9 Å². The number of fused-ring (bicyclic) bond motifs is 1. The van der Waals surface area contributed by atoms with Gasteiger partial charge in [-0.15, -0.1) is 0 Å². The smallest absolute Gasteiger partial charge is 0.244 e. The number of hydrogen-bond acceptors (Lipinski definition) is 5. The molecule has 7 nitrogen and oxygen atoms in total. The SMILES string of the molecule is O=C(/C=C/c1cnc2ccccc2n1)NCC(=O)NCc1ccco1. The van der Waals surface area contributed by atoms with E-state index >= 15 is 0 Å². The van der Waals surface area contributed by atoms with Crippen molar-refractivity contribution in [3.63, 3.8) is 0 Å². The average Bonchev–Trinajstić information content (AvgIpc) is 3.16. The van der Waals surface area contributed by atoms with Crippen LogP contribution >= 0.6 is 0 Å². The molecule has 3 aromatic rings. The van der Waals surface area contributed by atoms with Gasteiger partial charge in [-0.25, -0.2) is 4.98 Å². The molecule has 0 unspecified atom stereocenters. The average molecular weight is 336 g/mol. The molecule has 0 bridgehead atoms. The van der Waals surface area contributed by atoms with Gasteiger partial charge in [-0.05, 0) is 30.3 Å². The second-order valence-corrected chi connectivity index (χ2v) is 5.19. The molecule has 2 N–H and O–H groups in total. The second-order valence-electron chi connectivity index (χ2n) is 5.19. The van der Waals surface area contributed by atoms with Crippen LogP contribution in [0.15, 0.2) is 59.4 Å². The Morgan fingerprint density at radius 2 is 1.92 bits per heavy atom. The summed E-state index contributed by atoms with van der Waals surface area (Å²) >= 11 is 0. The van der Waals surface area contributed by atoms with E-state index in [0.717, 1.165) is 11.0 Å². The molecule has 2 amide bonds. The Labute approximate surface area is 143 Å². The number of nitrogens with zero attached hydrogens (tertiary/aromatic N) is 2. The van der Waals surface area contributed by atoms with Gasteiger partial charge in [-0.1, -0.05) is 12.1 Å². The van der Waals surface area contributed by atoms with E-state index < -0.39 is 0 Å². The molecule has 7 heteroatoms. The van der Waals surface area contributed by atoms with E-state index in [4.69, 9.17) is 4.42 Å². The summed E-state index contributed by atoms with van der Waals surface area (Å²) in [5.74, 6) is -0.0406. The summed E-state index contributed by atoms with van der Waals surface area (Å²) in [6, 6.07) is 11.0. The number of rotatable bonds is 6. The van der Waals surface area contributed by atoms with Crippen molar-refractivity contribution in [3.8, 4) is 0 Å². The summed E-state index contributed by atoms with van der Waals surface area (Å²) in [4.78, 5) is 32.1. The highest BCUT2D eigenvalue weighted by atomic mass is 16.3. The normalized spacial score (nSPS) is 10.9. The molecular formula is C18H16N4O3. The van der Waals surface area contributed by atoms with Gasteiger partial charge in [0, 0.05) is 6.08 Å². The lowest BCUT2D eigenvalue weighted by Gasteiger charge is -2.03. The molecule has 0 fully saturated rings. The number of amides is 2. The van der Waals surface area contributed by atoms with Gasteiger partial charge in [0.1, 0.15) is 5.76 Å². The maximum Gasteiger partial charge on any atom is 0.244 e. The molecule has 0 aliphatic rings. The maximum atomic E-state index is 11.8. The minimum atomic E-state index is -0.386. The lowest BCUT2D eigenvalue weighted by atomic mass is 10.3. The van der Waals surface area contributed by atoms with Gasteiger partial charge in [-0.2, -0.15) is 0 Å². The number of carbonyl (C=O) groups is 2. The predicted molar refractivity (Wildman–Crippen MR) is 92.1 cm³/mol. The first-order valence-electron chi connectivity index (χ1n) is 7.67. The molecule has 2 aromatic heterocycles. The minimum absolute atomic E-state index is 0.118. The number of furan rings is 1. The van der Waals surface area contributed by atoms with Crippen molar-refractivity contribution in [2.75, 3.05) is 6.54 Å². The monoisotopic (exact) mass is 336 g/mol. The van der Waals surface area contributed by atoms with Crippen molar-refractivity contribution in [1.29, 1.82) is 0 Å². The van der Waals surface area contributed by atoms with Crippen LogP contribution in [0.25, 0.3) is 17.1 Å². The number of aromatic nitrogens is 2. The van der Waals surface area contributed by atoms with Gasteiger partial charge in [0.15, 0.2) is 0 Å². The van der Waals surface area contributed by atoms with E-state index in [1.807, 2.05) is 24.3 Å². The highest BCUT2D eigenvalue weighted by Gasteiger charge is 2.04. The Hall–Kier alpha value is -3.48. The molecular weight excluding hydrogens is 320 g/mol. The van der Waals surface area contributed by atoms with Gasteiger partial charge in [0.05, 0.1) is 42.3 Å². The van der Waals surface area contributed by atoms with Crippen molar-refractivity contribution in [1.82, 2.24) is 20.6 Å². The van der Waals surface area contributed by atoms with Crippen LogP contribution in [0, 0.1) is 0 Å². The van der Waals surface area contributed by atoms with Crippen molar-refractivity contribution in [2.45, 2.75) is 6.54 Å². The van der Waals surface area contributed by atoms with Crippen LogP contribution in [-0.2, 0) is 16.1 Å². The summed E-state index contributed by atoms with van der Waals surface area (Å²) in [6.45, 7) is 0.164. The van der Waals surface area contributed by atoms with Crippen molar-refractivity contribution >= 4 is 28.9 Å². The molecule has 0 saturated heterocycles. The first kappa shape index (κ1) is 16.4. The first-order chi connectivity index (χ1) is 12.2. The Bertz CT molecular complexity index is 904. The quantitative estimate of drug-likeness (QED) is 0.667. The standard InChI is InChI=1S/C18H16N4O3/c23-17(21-12-18(24)20-11-14-4-3-9-25-14)8-7-13-10-19-15-5-1-2-6-16(15)22-13/h1-10H,11-12H2,(H,20,24)(H,21,23)/b8-7+. The lowest BCUT2D eigenvalue weighted by Crippen LogP contribution is -2.35. The van der Waals surface area contributed by atoms with Crippen molar-refractivity contribution in [2.24, 2.45) is 0 Å². The molecule has 0 saturated carbocycles. The van der Waals surface area contributed by atoms with E-state index in [9.17, 15) is 9.59 Å². The molecule has 0 radical (unpaired) electrons. The fourth-order valence-corrected chi connectivity index (χ4v) is 2.10. The molecule has 25 heavy (non-hydrogen) atoms. The van der Waals surface area contributed by atoms with Gasteiger partial charge >= 0.3 is 0 Å². The topological polar surface area (TPSA) is 97.1 Å². The van der Waals surface area contributed by atoms with Gasteiger partial charge in [0.25, 0.3) is 0 Å². The van der Waals surface area contributed by atoms with Gasteiger partial charge < -0.3 is 15.1 Å². The Kier molecular flexibility index (Phi) is 5.16. The van der Waals surface area contributed by atoms with Crippen molar-refractivity contribution < 1.29 is 14.0 Å². The van der Waals surface area contributed by atoms with E-state index in [2.05, 4.69) is 20.6 Å². The third kappa shape index (κ3) is 4.74. The number of hydrogen-bond donors (Lipinski definition) is 2. The third-order valence-electron chi connectivity index (χ3n) is 3.34. The maximum absolute atomic E-state index is 11.8. The molecule has 3 rings (SSSR count). The zero-order valence-electron chi connectivity index (χ0n) is 13.3. The molecule has 0 spiro atoms. The first-order valence-corrected chi connectivity index (χ1v) is 7.67. The zero-order chi connectivity index (χ0) is 17.5. The number of nitrogens with one attached hydrogen (secondary N) is 2. The number of benzene rings is 1. The Balaban J connectivity index is 1.47. The largest absolute Gasteiger partial charge is 0.467 e.